The smallest absolute Gasteiger partial charge is 0.266 e. The molecule has 0 spiro atoms. The van der Waals surface area contributed by atoms with Crippen molar-refractivity contribution in [2.24, 2.45) is 0 Å². The van der Waals surface area contributed by atoms with Crippen molar-refractivity contribution in [1.82, 2.24) is 0 Å². The van der Waals surface area contributed by atoms with Crippen LogP contribution in [0.5, 0.6) is 11.5 Å². The summed E-state index contributed by atoms with van der Waals surface area (Å²) in [5, 5.41) is 21.4. The number of aryl methyl sites for hydroxylation is 1. The fourth-order valence-electron chi connectivity index (χ4n) is 2.41. The Morgan fingerprint density at radius 2 is 2.03 bits per heavy atom. The van der Waals surface area contributed by atoms with Crippen molar-refractivity contribution in [3.05, 3.63) is 55.6 Å². The van der Waals surface area contributed by atoms with E-state index in [0.717, 1.165) is 5.56 Å². The third-order valence-electron chi connectivity index (χ3n) is 3.74. The first-order valence-corrected chi connectivity index (χ1v) is 10.0. The summed E-state index contributed by atoms with van der Waals surface area (Å²) < 4.78 is 11.7. The number of ether oxygens (including phenoxy) is 2. The number of benzene rings is 2. The van der Waals surface area contributed by atoms with E-state index in [1.165, 1.54) is 6.08 Å². The van der Waals surface area contributed by atoms with Gasteiger partial charge in [0.15, 0.2) is 18.1 Å². The maximum absolute atomic E-state index is 12.6. The van der Waals surface area contributed by atoms with Gasteiger partial charge in [-0.05, 0) is 77.9 Å². The van der Waals surface area contributed by atoms with Crippen molar-refractivity contribution in [3.8, 4) is 23.6 Å². The molecule has 2 aromatic rings. The average molecular weight is 522 g/mol. The predicted molar refractivity (Wildman–Crippen MR) is 120 cm³/mol. The Hall–Kier alpha value is -2.75. The number of nitriles is 2. The number of carbonyl (C=O) groups excluding carboxylic acids is 1. The molecule has 2 rings (SSSR count). The van der Waals surface area contributed by atoms with Gasteiger partial charge in [-0.25, -0.2) is 0 Å². The van der Waals surface area contributed by atoms with Crippen LogP contribution in [0.15, 0.2) is 35.9 Å². The predicted octanol–water partition coefficient (Wildman–Crippen LogP) is 5.10. The van der Waals surface area contributed by atoms with E-state index in [0.29, 0.717) is 37.9 Å². The molecule has 2 aromatic carbocycles. The van der Waals surface area contributed by atoms with E-state index in [4.69, 9.17) is 26.3 Å². The van der Waals surface area contributed by atoms with Gasteiger partial charge >= 0.3 is 0 Å². The van der Waals surface area contributed by atoms with E-state index in [-0.39, 0.29) is 12.2 Å². The van der Waals surface area contributed by atoms with Crippen LogP contribution in [0, 0.1) is 33.2 Å². The molecular formula is C21H17ClIN3O3. The van der Waals surface area contributed by atoms with Gasteiger partial charge in [-0.3, -0.25) is 4.79 Å². The molecule has 1 N–H and O–H groups in total. The fourth-order valence-corrected chi connectivity index (χ4v) is 3.37. The van der Waals surface area contributed by atoms with Gasteiger partial charge in [0.25, 0.3) is 5.91 Å². The second kappa shape index (κ2) is 10.7. The number of nitrogens with one attached hydrogen (secondary N) is 1. The molecule has 0 fully saturated rings. The highest BCUT2D eigenvalue weighted by Gasteiger charge is 2.15. The third kappa shape index (κ3) is 6.11. The minimum atomic E-state index is -0.546. The first kappa shape index (κ1) is 22.5. The largest absolute Gasteiger partial charge is 0.490 e. The molecule has 0 saturated heterocycles. The second-order valence-corrected chi connectivity index (χ2v) is 7.39. The number of halogens is 2. The van der Waals surface area contributed by atoms with Crippen molar-refractivity contribution >= 4 is 51.9 Å². The Bertz CT molecular complexity index is 1040. The molecule has 0 heterocycles. The molecule has 148 valence electrons. The number of carbonyl (C=O) groups is 1. The fraction of sp³-hybridized carbons (Fsp3) is 0.190. The van der Waals surface area contributed by atoms with Crippen LogP contribution in [-0.4, -0.2) is 19.1 Å². The number of amides is 1. The monoisotopic (exact) mass is 521 g/mol. The number of rotatable bonds is 7. The molecule has 0 radical (unpaired) electrons. The third-order valence-corrected chi connectivity index (χ3v) is 4.77. The maximum Gasteiger partial charge on any atom is 0.266 e. The topological polar surface area (TPSA) is 95.1 Å². The van der Waals surface area contributed by atoms with Crippen molar-refractivity contribution in [3.63, 3.8) is 0 Å². The van der Waals surface area contributed by atoms with Crippen molar-refractivity contribution < 1.29 is 14.3 Å². The zero-order valence-electron chi connectivity index (χ0n) is 15.8. The highest BCUT2D eigenvalue weighted by molar-refractivity contribution is 14.1. The maximum atomic E-state index is 12.6. The van der Waals surface area contributed by atoms with E-state index in [1.807, 2.05) is 26.0 Å². The first-order chi connectivity index (χ1) is 13.9. The van der Waals surface area contributed by atoms with Gasteiger partial charge in [0.05, 0.1) is 10.2 Å². The quantitative estimate of drug-likeness (QED) is 0.311. The molecule has 0 atom stereocenters. The number of hydrogen-bond acceptors (Lipinski definition) is 5. The first-order valence-electron chi connectivity index (χ1n) is 8.55. The van der Waals surface area contributed by atoms with Crippen LogP contribution in [0.25, 0.3) is 6.08 Å². The Morgan fingerprint density at radius 3 is 2.69 bits per heavy atom. The molecule has 0 bridgehead atoms. The standard InChI is InChI=1S/C21H17ClIN3O3/c1-3-28-19-10-14(9-17(23)20(19)29-7-6-24)8-15(12-25)21(27)26-18-11-16(22)5-4-13(18)2/h4-5,8-11H,3,7H2,1-2H3,(H,26,27)/b15-8+. The molecule has 0 aliphatic carbocycles. The Morgan fingerprint density at radius 1 is 1.28 bits per heavy atom. The molecular weight excluding hydrogens is 505 g/mol. The highest BCUT2D eigenvalue weighted by atomic mass is 127. The lowest BCUT2D eigenvalue weighted by molar-refractivity contribution is -0.112. The normalized spacial score (nSPS) is 10.6. The van der Waals surface area contributed by atoms with Crippen LogP contribution in [-0.2, 0) is 4.79 Å². The lowest BCUT2D eigenvalue weighted by Gasteiger charge is -2.13. The van der Waals surface area contributed by atoms with Gasteiger partial charge in [-0.1, -0.05) is 17.7 Å². The van der Waals surface area contributed by atoms with Gasteiger partial charge in [0.2, 0.25) is 0 Å². The SMILES string of the molecule is CCOc1cc(/C=C(\C#N)C(=O)Nc2cc(Cl)ccc2C)cc(I)c1OCC#N. The minimum Gasteiger partial charge on any atom is -0.490 e. The highest BCUT2D eigenvalue weighted by Crippen LogP contribution is 2.35. The number of nitrogens with zero attached hydrogens (tertiary/aromatic N) is 2. The minimum absolute atomic E-state index is 0.0756. The molecule has 1 amide bonds. The summed E-state index contributed by atoms with van der Waals surface area (Å²) in [6.45, 7) is 3.94. The molecule has 0 aliphatic heterocycles. The molecule has 6 nitrogen and oxygen atoms in total. The zero-order chi connectivity index (χ0) is 21.4. The van der Waals surface area contributed by atoms with Crippen molar-refractivity contribution in [2.45, 2.75) is 13.8 Å². The molecule has 0 saturated carbocycles. The Kier molecular flexibility index (Phi) is 8.32. The summed E-state index contributed by atoms with van der Waals surface area (Å²) in [7, 11) is 0. The summed E-state index contributed by atoms with van der Waals surface area (Å²) in [5.74, 6) is 0.337. The van der Waals surface area contributed by atoms with Crippen LogP contribution in [0.2, 0.25) is 5.02 Å². The van der Waals surface area contributed by atoms with Crippen LogP contribution in [0.1, 0.15) is 18.1 Å². The van der Waals surface area contributed by atoms with Gasteiger partial charge < -0.3 is 14.8 Å². The van der Waals surface area contributed by atoms with Gasteiger partial charge in [-0.2, -0.15) is 10.5 Å². The molecule has 8 heteroatoms. The summed E-state index contributed by atoms with van der Waals surface area (Å²) in [6, 6.07) is 12.4. The van der Waals surface area contributed by atoms with Crippen molar-refractivity contribution in [1.29, 1.82) is 10.5 Å². The molecule has 0 aromatic heterocycles. The summed E-state index contributed by atoms with van der Waals surface area (Å²) in [5.41, 5.74) is 1.88. The lowest BCUT2D eigenvalue weighted by Crippen LogP contribution is -2.14. The summed E-state index contributed by atoms with van der Waals surface area (Å²) in [4.78, 5) is 12.6. The van der Waals surface area contributed by atoms with Crippen LogP contribution in [0.4, 0.5) is 5.69 Å². The Balaban J connectivity index is 2.36. The van der Waals surface area contributed by atoms with E-state index in [9.17, 15) is 10.1 Å². The summed E-state index contributed by atoms with van der Waals surface area (Å²) >= 11 is 8.03. The summed E-state index contributed by atoms with van der Waals surface area (Å²) in [6.07, 6.45) is 1.47. The van der Waals surface area contributed by atoms with Gasteiger partial charge in [0.1, 0.15) is 17.7 Å². The van der Waals surface area contributed by atoms with E-state index in [2.05, 4.69) is 27.9 Å². The van der Waals surface area contributed by atoms with Gasteiger partial charge in [0, 0.05) is 10.7 Å². The Labute approximate surface area is 187 Å². The average Bonchev–Trinajstić information content (AvgIpc) is 2.68. The van der Waals surface area contributed by atoms with E-state index in [1.54, 1.807) is 30.3 Å². The molecule has 0 unspecified atom stereocenters. The zero-order valence-corrected chi connectivity index (χ0v) is 18.7. The van der Waals surface area contributed by atoms with Crippen LogP contribution in [0.3, 0.4) is 0 Å². The number of anilines is 1. The number of hydrogen-bond donors (Lipinski definition) is 1. The van der Waals surface area contributed by atoms with Crippen LogP contribution >= 0.6 is 34.2 Å². The molecule has 29 heavy (non-hydrogen) atoms. The van der Waals surface area contributed by atoms with E-state index < -0.39 is 5.91 Å². The van der Waals surface area contributed by atoms with Gasteiger partial charge in [-0.15, -0.1) is 0 Å². The second-order valence-electron chi connectivity index (χ2n) is 5.79. The van der Waals surface area contributed by atoms with Crippen molar-refractivity contribution in [2.75, 3.05) is 18.5 Å². The lowest BCUT2D eigenvalue weighted by atomic mass is 10.1. The van der Waals surface area contributed by atoms with E-state index >= 15 is 0 Å². The molecule has 0 aliphatic rings. The van der Waals surface area contributed by atoms with Crippen LogP contribution < -0.4 is 14.8 Å².